The second kappa shape index (κ2) is 6.95. The second-order valence-corrected chi connectivity index (χ2v) is 4.58. The summed E-state index contributed by atoms with van der Waals surface area (Å²) >= 11 is 0. The van der Waals surface area contributed by atoms with Crippen LogP contribution in [0.2, 0.25) is 0 Å². The van der Waals surface area contributed by atoms with Crippen LogP contribution in [0.15, 0.2) is 29.1 Å². The number of ether oxygens (including phenoxy) is 3. The maximum Gasteiger partial charge on any atom is 0.289 e. The topological polar surface area (TPSA) is 88.6 Å². The van der Waals surface area contributed by atoms with E-state index in [1.54, 1.807) is 39.5 Å². The first-order chi connectivity index (χ1) is 10.6. The van der Waals surface area contributed by atoms with E-state index >= 15 is 0 Å². The summed E-state index contributed by atoms with van der Waals surface area (Å²) in [6.07, 6.45) is 0. The van der Waals surface area contributed by atoms with E-state index in [0.29, 0.717) is 30.3 Å². The molecule has 22 heavy (non-hydrogen) atoms. The summed E-state index contributed by atoms with van der Waals surface area (Å²) in [5, 5.41) is 4.32. The van der Waals surface area contributed by atoms with Crippen LogP contribution in [-0.4, -0.2) is 37.7 Å². The first-order valence-corrected chi connectivity index (χ1v) is 6.69. The molecule has 1 aromatic carbocycles. The van der Waals surface area contributed by atoms with E-state index in [9.17, 15) is 4.79 Å². The zero-order valence-corrected chi connectivity index (χ0v) is 12.8. The number of nitrogen functional groups attached to an aromatic ring is 1. The molecule has 1 aromatic heterocycles. The Kier molecular flexibility index (Phi) is 5.00. The van der Waals surface area contributed by atoms with Crippen LogP contribution >= 0.6 is 0 Å². The molecule has 0 unspecified atom stereocenters. The van der Waals surface area contributed by atoms with Crippen molar-refractivity contribution in [2.45, 2.75) is 6.54 Å². The largest absolute Gasteiger partial charge is 0.493 e. The van der Waals surface area contributed by atoms with Gasteiger partial charge in [0.1, 0.15) is 5.69 Å². The third kappa shape index (κ3) is 3.20. The van der Waals surface area contributed by atoms with E-state index in [2.05, 4.69) is 5.10 Å². The Morgan fingerprint density at radius 1 is 1.14 bits per heavy atom. The summed E-state index contributed by atoms with van der Waals surface area (Å²) in [6.45, 7) is 0.711. The average Bonchev–Trinajstić information content (AvgIpc) is 2.55. The van der Waals surface area contributed by atoms with Crippen LogP contribution in [0, 0.1) is 0 Å². The van der Waals surface area contributed by atoms with Gasteiger partial charge in [-0.15, -0.1) is 0 Å². The van der Waals surface area contributed by atoms with E-state index in [1.165, 1.54) is 4.68 Å². The molecule has 0 aliphatic rings. The van der Waals surface area contributed by atoms with Gasteiger partial charge in [-0.25, -0.2) is 4.68 Å². The summed E-state index contributed by atoms with van der Waals surface area (Å²) in [5.41, 5.74) is 6.94. The summed E-state index contributed by atoms with van der Waals surface area (Å²) in [6, 6.07) is 6.93. The number of hydrogen-bond donors (Lipinski definition) is 1. The highest BCUT2D eigenvalue weighted by molar-refractivity contribution is 5.66. The van der Waals surface area contributed by atoms with E-state index in [0.717, 1.165) is 5.56 Å². The van der Waals surface area contributed by atoms with Crippen LogP contribution in [0.5, 0.6) is 11.5 Å². The number of rotatable bonds is 6. The number of benzene rings is 1. The Morgan fingerprint density at radius 3 is 2.50 bits per heavy atom. The highest BCUT2D eigenvalue weighted by Crippen LogP contribution is 2.31. The number of methoxy groups -OCH3 is 3. The van der Waals surface area contributed by atoms with Crippen molar-refractivity contribution < 1.29 is 14.2 Å². The molecule has 2 aromatic rings. The number of nitrogens with zero attached hydrogens (tertiary/aromatic N) is 2. The molecule has 0 saturated heterocycles. The Balaban J connectivity index is 2.48. The minimum atomic E-state index is -0.332. The zero-order valence-electron chi connectivity index (χ0n) is 12.8. The van der Waals surface area contributed by atoms with Gasteiger partial charge in [-0.1, -0.05) is 0 Å². The van der Waals surface area contributed by atoms with Crippen molar-refractivity contribution in [3.8, 4) is 22.8 Å². The molecule has 2 N–H and O–H groups in total. The van der Waals surface area contributed by atoms with Gasteiger partial charge in [0.25, 0.3) is 5.56 Å². The molecule has 0 atom stereocenters. The Hall–Kier alpha value is -2.54. The predicted octanol–water partition coefficient (Wildman–Crippen LogP) is 1.16. The van der Waals surface area contributed by atoms with Gasteiger partial charge in [0.15, 0.2) is 11.5 Å². The molecule has 0 bridgehead atoms. The fourth-order valence-electron chi connectivity index (χ4n) is 2.03. The molecule has 7 heteroatoms. The van der Waals surface area contributed by atoms with Gasteiger partial charge in [0.05, 0.1) is 33.1 Å². The third-order valence-electron chi connectivity index (χ3n) is 3.19. The molecule has 1 heterocycles. The van der Waals surface area contributed by atoms with Crippen LogP contribution in [0.3, 0.4) is 0 Å². The molecule has 7 nitrogen and oxygen atoms in total. The van der Waals surface area contributed by atoms with Crippen molar-refractivity contribution in [1.82, 2.24) is 9.78 Å². The zero-order chi connectivity index (χ0) is 16.1. The van der Waals surface area contributed by atoms with Gasteiger partial charge in [-0.2, -0.15) is 5.10 Å². The molecular formula is C15H19N3O4. The lowest BCUT2D eigenvalue weighted by Gasteiger charge is -2.11. The van der Waals surface area contributed by atoms with E-state index < -0.39 is 0 Å². The smallest absolute Gasteiger partial charge is 0.289 e. The molecule has 0 saturated carbocycles. The van der Waals surface area contributed by atoms with Crippen LogP contribution in [-0.2, 0) is 11.3 Å². The lowest BCUT2D eigenvalue weighted by atomic mass is 10.1. The summed E-state index contributed by atoms with van der Waals surface area (Å²) in [4.78, 5) is 12.0. The molecule has 0 spiro atoms. The predicted molar refractivity (Wildman–Crippen MR) is 83.3 cm³/mol. The quantitative estimate of drug-likeness (QED) is 0.861. The number of aromatic nitrogens is 2. The summed E-state index contributed by atoms with van der Waals surface area (Å²) < 4.78 is 16.8. The third-order valence-corrected chi connectivity index (χ3v) is 3.19. The van der Waals surface area contributed by atoms with Crippen LogP contribution < -0.4 is 20.8 Å². The Labute approximate surface area is 128 Å². The van der Waals surface area contributed by atoms with Gasteiger partial charge in [0.2, 0.25) is 0 Å². The van der Waals surface area contributed by atoms with Crippen LogP contribution in [0.4, 0.5) is 5.69 Å². The Morgan fingerprint density at radius 2 is 1.86 bits per heavy atom. The highest BCUT2D eigenvalue weighted by Gasteiger charge is 2.11. The van der Waals surface area contributed by atoms with Crippen molar-refractivity contribution in [2.24, 2.45) is 0 Å². The Bertz CT molecular complexity index is 712. The normalized spacial score (nSPS) is 10.5. The first-order valence-electron chi connectivity index (χ1n) is 6.69. The molecule has 2 rings (SSSR count). The number of hydrogen-bond acceptors (Lipinski definition) is 6. The lowest BCUT2D eigenvalue weighted by molar-refractivity contribution is 0.182. The minimum Gasteiger partial charge on any atom is -0.493 e. The summed E-state index contributed by atoms with van der Waals surface area (Å²) in [7, 11) is 4.69. The van der Waals surface area contributed by atoms with Crippen molar-refractivity contribution in [3.63, 3.8) is 0 Å². The standard InChI is InChI=1S/C15H19N3O4/c1-20-7-6-18-15(19)11(16)9-12(17-18)10-4-5-13(21-2)14(8-10)22-3/h4-5,8-9H,6-7,16H2,1-3H3. The van der Waals surface area contributed by atoms with E-state index in [1.807, 2.05) is 6.07 Å². The monoisotopic (exact) mass is 305 g/mol. The highest BCUT2D eigenvalue weighted by atomic mass is 16.5. The number of anilines is 1. The maximum atomic E-state index is 12.0. The molecule has 118 valence electrons. The fraction of sp³-hybridized carbons (Fsp3) is 0.333. The molecule has 0 aliphatic carbocycles. The molecule has 0 amide bonds. The second-order valence-electron chi connectivity index (χ2n) is 4.58. The minimum absolute atomic E-state index is 0.135. The van der Waals surface area contributed by atoms with Crippen LogP contribution in [0.25, 0.3) is 11.3 Å². The first kappa shape index (κ1) is 15.8. The summed E-state index contributed by atoms with van der Waals surface area (Å²) in [5.74, 6) is 1.20. The molecule has 0 radical (unpaired) electrons. The molecule has 0 aliphatic heterocycles. The molecule has 0 fully saturated rings. The fourth-order valence-corrected chi connectivity index (χ4v) is 2.03. The maximum absolute atomic E-state index is 12.0. The average molecular weight is 305 g/mol. The van der Waals surface area contributed by atoms with Crippen molar-refractivity contribution in [1.29, 1.82) is 0 Å². The van der Waals surface area contributed by atoms with E-state index in [4.69, 9.17) is 19.9 Å². The van der Waals surface area contributed by atoms with Gasteiger partial charge >= 0.3 is 0 Å². The van der Waals surface area contributed by atoms with Crippen LogP contribution in [0.1, 0.15) is 0 Å². The lowest BCUT2D eigenvalue weighted by Crippen LogP contribution is -2.27. The van der Waals surface area contributed by atoms with Crippen molar-refractivity contribution in [2.75, 3.05) is 33.7 Å². The van der Waals surface area contributed by atoms with Gasteiger partial charge in [0, 0.05) is 12.7 Å². The van der Waals surface area contributed by atoms with Crippen molar-refractivity contribution >= 4 is 5.69 Å². The van der Waals surface area contributed by atoms with Crippen molar-refractivity contribution in [3.05, 3.63) is 34.6 Å². The van der Waals surface area contributed by atoms with Gasteiger partial charge < -0.3 is 19.9 Å². The van der Waals surface area contributed by atoms with Gasteiger partial charge in [-0.05, 0) is 24.3 Å². The van der Waals surface area contributed by atoms with E-state index in [-0.39, 0.29) is 11.2 Å². The molecular weight excluding hydrogens is 286 g/mol. The number of nitrogens with two attached hydrogens (primary N) is 1. The SMILES string of the molecule is COCCn1nc(-c2ccc(OC)c(OC)c2)cc(N)c1=O. The van der Waals surface area contributed by atoms with Gasteiger partial charge in [-0.3, -0.25) is 4.79 Å².